The third kappa shape index (κ3) is 3.70. The summed E-state index contributed by atoms with van der Waals surface area (Å²) in [6.07, 6.45) is 1.44. The average Bonchev–Trinajstić information content (AvgIpc) is 3.05. The molecule has 1 heterocycles. The number of nitrogens with one attached hydrogen (secondary N) is 2. The van der Waals surface area contributed by atoms with E-state index in [0.717, 1.165) is 0 Å². The molecule has 26 heavy (non-hydrogen) atoms. The standard InChI is InChI=1S/C17H13ClN4O3S/c1-20-26(23,24)14-5-3-13(4-6-14)21-10-11(9-19)17-22-15-8-12(18)2-7-16(15)25-17/h2-8,10,20-21H,1H3/b11-10-. The Bertz CT molecular complexity index is 1130. The van der Waals surface area contributed by atoms with Gasteiger partial charge in [0.05, 0.1) is 4.90 Å². The maximum absolute atomic E-state index is 11.7. The molecule has 2 aromatic carbocycles. The highest BCUT2D eigenvalue weighted by Gasteiger charge is 2.12. The minimum atomic E-state index is -3.49. The summed E-state index contributed by atoms with van der Waals surface area (Å²) in [5.41, 5.74) is 1.86. The summed E-state index contributed by atoms with van der Waals surface area (Å²) in [5, 5.41) is 12.8. The van der Waals surface area contributed by atoms with Crippen LogP contribution in [0.25, 0.3) is 16.7 Å². The van der Waals surface area contributed by atoms with Crippen LogP contribution < -0.4 is 10.0 Å². The smallest absolute Gasteiger partial charge is 0.240 e. The van der Waals surface area contributed by atoms with E-state index >= 15 is 0 Å². The van der Waals surface area contributed by atoms with Gasteiger partial charge in [0.1, 0.15) is 17.2 Å². The number of fused-ring (bicyclic) bond motifs is 1. The van der Waals surface area contributed by atoms with Crippen molar-refractivity contribution in [1.29, 1.82) is 5.26 Å². The Labute approximate surface area is 155 Å². The summed E-state index contributed by atoms with van der Waals surface area (Å²) in [7, 11) is -2.15. The van der Waals surface area contributed by atoms with Crippen LogP contribution in [0.15, 0.2) is 58.0 Å². The molecule has 0 saturated heterocycles. The first kappa shape index (κ1) is 17.9. The van der Waals surface area contributed by atoms with Crippen molar-refractivity contribution in [3.8, 4) is 6.07 Å². The molecular formula is C17H13ClN4O3S. The number of nitrogens with zero attached hydrogens (tertiary/aromatic N) is 2. The summed E-state index contributed by atoms with van der Waals surface area (Å²) in [5.74, 6) is 0.159. The van der Waals surface area contributed by atoms with Gasteiger partial charge < -0.3 is 9.73 Å². The zero-order valence-corrected chi connectivity index (χ0v) is 15.1. The molecule has 0 radical (unpaired) electrons. The monoisotopic (exact) mass is 388 g/mol. The molecule has 2 N–H and O–H groups in total. The molecule has 0 aliphatic carbocycles. The summed E-state index contributed by atoms with van der Waals surface area (Å²) in [6, 6.07) is 13.1. The third-order valence-electron chi connectivity index (χ3n) is 3.52. The van der Waals surface area contributed by atoms with Crippen molar-refractivity contribution >= 4 is 44.0 Å². The van der Waals surface area contributed by atoms with Gasteiger partial charge in [-0.15, -0.1) is 0 Å². The maximum Gasteiger partial charge on any atom is 0.240 e. The summed E-state index contributed by atoms with van der Waals surface area (Å²) in [6.45, 7) is 0. The molecule has 0 atom stereocenters. The molecule has 0 aliphatic heterocycles. The van der Waals surface area contributed by atoms with Crippen molar-refractivity contribution in [3.63, 3.8) is 0 Å². The van der Waals surface area contributed by atoms with Crippen LogP contribution in [-0.4, -0.2) is 20.4 Å². The van der Waals surface area contributed by atoms with Crippen molar-refractivity contribution in [2.24, 2.45) is 0 Å². The molecule has 0 amide bonds. The van der Waals surface area contributed by atoms with Crippen LogP contribution in [0.3, 0.4) is 0 Å². The highest BCUT2D eigenvalue weighted by Crippen LogP contribution is 2.24. The zero-order valence-electron chi connectivity index (χ0n) is 13.5. The van der Waals surface area contributed by atoms with Crippen LogP contribution in [0.5, 0.6) is 0 Å². The van der Waals surface area contributed by atoms with Crippen LogP contribution in [-0.2, 0) is 10.0 Å². The van der Waals surface area contributed by atoms with Crippen molar-refractivity contribution in [1.82, 2.24) is 9.71 Å². The number of hydrogen-bond donors (Lipinski definition) is 2. The van der Waals surface area contributed by atoms with Gasteiger partial charge in [0.25, 0.3) is 0 Å². The van der Waals surface area contributed by atoms with E-state index in [-0.39, 0.29) is 16.4 Å². The SMILES string of the molecule is CNS(=O)(=O)c1ccc(N/C=C(/C#N)c2nc3cc(Cl)ccc3o2)cc1. The van der Waals surface area contributed by atoms with Gasteiger partial charge in [0, 0.05) is 16.9 Å². The van der Waals surface area contributed by atoms with Crippen molar-refractivity contribution in [3.05, 3.63) is 59.6 Å². The van der Waals surface area contributed by atoms with Crippen LogP contribution in [0, 0.1) is 11.3 Å². The van der Waals surface area contributed by atoms with Crippen LogP contribution in [0.4, 0.5) is 5.69 Å². The lowest BCUT2D eigenvalue weighted by molar-refractivity contribution is 0.586. The second-order valence-electron chi connectivity index (χ2n) is 5.18. The lowest BCUT2D eigenvalue weighted by atomic mass is 10.3. The topological polar surface area (TPSA) is 108 Å². The number of rotatable bonds is 5. The fraction of sp³-hybridized carbons (Fsp3) is 0.0588. The fourth-order valence-electron chi connectivity index (χ4n) is 2.16. The van der Waals surface area contributed by atoms with Crippen LogP contribution >= 0.6 is 11.6 Å². The number of nitriles is 1. The number of sulfonamides is 1. The Balaban J connectivity index is 1.84. The van der Waals surface area contributed by atoms with E-state index < -0.39 is 10.0 Å². The maximum atomic E-state index is 11.7. The van der Waals surface area contributed by atoms with E-state index in [1.807, 2.05) is 6.07 Å². The number of oxazole rings is 1. The van der Waals surface area contributed by atoms with Crippen LogP contribution in [0.2, 0.25) is 5.02 Å². The molecule has 7 nitrogen and oxygen atoms in total. The molecule has 0 unspecified atom stereocenters. The Kier molecular flexibility index (Phi) is 4.95. The zero-order chi connectivity index (χ0) is 18.7. The molecule has 0 bridgehead atoms. The molecule has 0 saturated carbocycles. The van der Waals surface area contributed by atoms with Gasteiger partial charge in [0.2, 0.25) is 15.9 Å². The van der Waals surface area contributed by atoms with Crippen LogP contribution in [0.1, 0.15) is 5.89 Å². The molecule has 0 spiro atoms. The van der Waals surface area contributed by atoms with Gasteiger partial charge in [0.15, 0.2) is 5.58 Å². The number of aromatic nitrogens is 1. The Hall–Kier alpha value is -2.86. The number of anilines is 1. The van der Waals surface area contributed by atoms with E-state index in [4.69, 9.17) is 16.0 Å². The van der Waals surface area contributed by atoms with Crippen molar-refractivity contribution < 1.29 is 12.8 Å². The molecule has 0 aliphatic rings. The Morgan fingerprint density at radius 3 is 2.65 bits per heavy atom. The first-order chi connectivity index (χ1) is 12.4. The molecule has 1 aromatic heterocycles. The average molecular weight is 389 g/mol. The lowest BCUT2D eigenvalue weighted by Gasteiger charge is -2.04. The minimum Gasteiger partial charge on any atom is -0.435 e. The quantitative estimate of drug-likeness (QED) is 0.649. The summed E-state index contributed by atoms with van der Waals surface area (Å²) in [4.78, 5) is 4.39. The number of hydrogen-bond acceptors (Lipinski definition) is 6. The first-order valence-electron chi connectivity index (χ1n) is 7.40. The molecular weight excluding hydrogens is 376 g/mol. The van der Waals surface area contributed by atoms with E-state index in [2.05, 4.69) is 15.0 Å². The first-order valence-corrected chi connectivity index (χ1v) is 9.26. The highest BCUT2D eigenvalue weighted by molar-refractivity contribution is 7.89. The Morgan fingerprint density at radius 2 is 2.00 bits per heavy atom. The van der Waals surface area contributed by atoms with E-state index in [1.54, 1.807) is 30.3 Å². The predicted octanol–water partition coefficient (Wildman–Crippen LogP) is 3.37. The second-order valence-corrected chi connectivity index (χ2v) is 7.50. The molecule has 132 valence electrons. The Morgan fingerprint density at radius 1 is 1.27 bits per heavy atom. The normalized spacial score (nSPS) is 12.1. The lowest BCUT2D eigenvalue weighted by Crippen LogP contribution is -2.18. The van der Waals surface area contributed by atoms with E-state index in [0.29, 0.717) is 21.8 Å². The fourth-order valence-corrected chi connectivity index (χ4v) is 3.06. The molecule has 3 aromatic rings. The van der Waals surface area contributed by atoms with Crippen molar-refractivity contribution in [2.45, 2.75) is 4.90 Å². The molecule has 0 fully saturated rings. The number of allylic oxidation sites excluding steroid dienone is 1. The van der Waals surface area contributed by atoms with Gasteiger partial charge in [-0.3, -0.25) is 0 Å². The second kappa shape index (κ2) is 7.17. The van der Waals surface area contributed by atoms with Gasteiger partial charge in [-0.2, -0.15) is 5.26 Å². The largest absolute Gasteiger partial charge is 0.435 e. The number of halogens is 1. The van der Waals surface area contributed by atoms with Crippen molar-refractivity contribution in [2.75, 3.05) is 12.4 Å². The number of benzene rings is 2. The molecule has 3 rings (SSSR count). The minimum absolute atomic E-state index is 0.144. The molecule has 9 heteroatoms. The van der Waals surface area contributed by atoms with Gasteiger partial charge >= 0.3 is 0 Å². The third-order valence-corrected chi connectivity index (χ3v) is 5.18. The highest BCUT2D eigenvalue weighted by atomic mass is 35.5. The van der Waals surface area contributed by atoms with Gasteiger partial charge in [-0.1, -0.05) is 11.6 Å². The summed E-state index contributed by atoms with van der Waals surface area (Å²) >= 11 is 5.92. The van der Waals surface area contributed by atoms with Gasteiger partial charge in [-0.25, -0.2) is 18.1 Å². The predicted molar refractivity (Wildman–Crippen MR) is 98.9 cm³/mol. The summed E-state index contributed by atoms with van der Waals surface area (Å²) < 4.78 is 31.2. The van der Waals surface area contributed by atoms with E-state index in [1.165, 1.54) is 25.4 Å². The van der Waals surface area contributed by atoms with E-state index in [9.17, 15) is 13.7 Å². The van der Waals surface area contributed by atoms with Gasteiger partial charge in [-0.05, 0) is 49.5 Å².